The molecule has 0 radical (unpaired) electrons. The Bertz CT molecular complexity index is 1680. The van der Waals surface area contributed by atoms with Crippen LogP contribution in [0.5, 0.6) is 5.75 Å². The smallest absolute Gasteiger partial charge is 0.264 e. The lowest BCUT2D eigenvalue weighted by Gasteiger charge is -2.23. The van der Waals surface area contributed by atoms with Gasteiger partial charge in [0.25, 0.3) is 21.8 Å². The van der Waals surface area contributed by atoms with Gasteiger partial charge in [-0.3, -0.25) is 13.9 Å². The number of benzene rings is 4. The average Bonchev–Trinajstić information content (AvgIpc) is 2.97. The number of nitrogens with one attached hydrogen (secondary N) is 2. The second-order valence-corrected chi connectivity index (χ2v) is 12.2. The summed E-state index contributed by atoms with van der Waals surface area (Å²) in [6.07, 6.45) is 1.41. The predicted molar refractivity (Wildman–Crippen MR) is 168 cm³/mol. The number of amides is 2. The van der Waals surface area contributed by atoms with E-state index < -0.39 is 22.5 Å². The molecule has 0 aromatic heterocycles. The van der Waals surface area contributed by atoms with Crippen molar-refractivity contribution in [1.82, 2.24) is 5.43 Å². The van der Waals surface area contributed by atoms with Crippen LogP contribution in [0, 0.1) is 6.92 Å². The molecule has 216 valence electrons. The van der Waals surface area contributed by atoms with Crippen LogP contribution in [0.2, 0.25) is 5.02 Å². The molecular formula is C30H26BrClN4O5S. The van der Waals surface area contributed by atoms with Crippen molar-refractivity contribution in [1.29, 1.82) is 0 Å². The largest absolute Gasteiger partial charge is 0.484 e. The molecule has 42 heavy (non-hydrogen) atoms. The van der Waals surface area contributed by atoms with E-state index in [-0.39, 0.29) is 17.4 Å². The molecule has 0 saturated heterocycles. The zero-order valence-corrected chi connectivity index (χ0v) is 25.5. The van der Waals surface area contributed by atoms with Gasteiger partial charge in [-0.05, 0) is 85.3 Å². The second-order valence-electron chi connectivity index (χ2n) is 8.98. The Morgan fingerprint density at radius 2 is 1.60 bits per heavy atom. The van der Waals surface area contributed by atoms with Crippen LogP contribution in [-0.4, -0.2) is 39.6 Å². The summed E-state index contributed by atoms with van der Waals surface area (Å²) in [5, 5.41) is 7.06. The number of anilines is 2. The third-order valence-corrected chi connectivity index (χ3v) is 8.46. The molecule has 4 aromatic rings. The summed E-state index contributed by atoms with van der Waals surface area (Å²) in [6.45, 7) is 1.16. The van der Waals surface area contributed by atoms with E-state index in [0.29, 0.717) is 27.7 Å². The Morgan fingerprint density at radius 3 is 2.26 bits per heavy atom. The summed E-state index contributed by atoms with van der Waals surface area (Å²) in [4.78, 5) is 25.0. The van der Waals surface area contributed by atoms with E-state index in [4.69, 9.17) is 16.3 Å². The van der Waals surface area contributed by atoms with E-state index in [9.17, 15) is 18.0 Å². The van der Waals surface area contributed by atoms with Crippen LogP contribution in [0.25, 0.3) is 0 Å². The molecule has 0 heterocycles. The molecular weight excluding hydrogens is 644 g/mol. The Morgan fingerprint density at radius 1 is 0.929 bits per heavy atom. The fourth-order valence-corrected chi connectivity index (χ4v) is 5.52. The van der Waals surface area contributed by atoms with Gasteiger partial charge < -0.3 is 10.1 Å². The lowest BCUT2D eigenvalue weighted by atomic mass is 10.2. The molecule has 0 fully saturated rings. The summed E-state index contributed by atoms with van der Waals surface area (Å²) >= 11 is 9.39. The zero-order valence-electron chi connectivity index (χ0n) is 22.3. The van der Waals surface area contributed by atoms with Crippen molar-refractivity contribution in [3.63, 3.8) is 0 Å². The topological polar surface area (TPSA) is 117 Å². The molecule has 0 atom stereocenters. The number of nitrogens with zero attached hydrogens (tertiary/aromatic N) is 2. The molecule has 0 aliphatic rings. The Balaban J connectivity index is 1.35. The van der Waals surface area contributed by atoms with Crippen LogP contribution in [-0.2, 0) is 19.6 Å². The number of para-hydroxylation sites is 1. The second kappa shape index (κ2) is 14.1. The van der Waals surface area contributed by atoms with Gasteiger partial charge in [-0.15, -0.1) is 0 Å². The van der Waals surface area contributed by atoms with E-state index in [2.05, 4.69) is 31.8 Å². The van der Waals surface area contributed by atoms with Gasteiger partial charge in [-0.25, -0.2) is 13.8 Å². The number of rotatable bonds is 11. The van der Waals surface area contributed by atoms with Crippen molar-refractivity contribution in [3.8, 4) is 5.75 Å². The molecule has 2 amide bonds. The number of hydrogen-bond acceptors (Lipinski definition) is 6. The number of aryl methyl sites for hydroxylation is 1. The highest BCUT2D eigenvalue weighted by atomic mass is 79.9. The van der Waals surface area contributed by atoms with Gasteiger partial charge in [-0.2, -0.15) is 5.10 Å². The zero-order chi connectivity index (χ0) is 30.1. The summed E-state index contributed by atoms with van der Waals surface area (Å²) in [5.74, 6) is -0.538. The van der Waals surface area contributed by atoms with Gasteiger partial charge in [0.2, 0.25) is 0 Å². The Hall–Kier alpha value is -4.19. The van der Waals surface area contributed by atoms with E-state index in [0.717, 1.165) is 14.3 Å². The number of ether oxygens (including phenoxy) is 1. The minimum Gasteiger partial charge on any atom is -0.484 e. The number of halogens is 2. The van der Waals surface area contributed by atoms with Gasteiger partial charge in [0.05, 0.1) is 27.5 Å². The minimum absolute atomic E-state index is 0.0657. The van der Waals surface area contributed by atoms with Gasteiger partial charge in [0.1, 0.15) is 12.3 Å². The third-order valence-electron chi connectivity index (χ3n) is 5.81. The molecule has 0 aliphatic carbocycles. The molecule has 0 bridgehead atoms. The number of hydrazone groups is 1. The number of carbonyl (C=O) groups is 2. The summed E-state index contributed by atoms with van der Waals surface area (Å²) in [7, 11) is -4.04. The highest BCUT2D eigenvalue weighted by Crippen LogP contribution is 2.25. The first-order valence-electron chi connectivity index (χ1n) is 12.6. The van der Waals surface area contributed by atoms with Crippen molar-refractivity contribution in [3.05, 3.63) is 118 Å². The van der Waals surface area contributed by atoms with Gasteiger partial charge in [0, 0.05) is 4.47 Å². The third kappa shape index (κ3) is 8.41. The monoisotopic (exact) mass is 668 g/mol. The molecule has 0 spiro atoms. The van der Waals surface area contributed by atoms with Crippen LogP contribution >= 0.6 is 27.5 Å². The molecule has 9 nitrogen and oxygen atoms in total. The maximum absolute atomic E-state index is 13.4. The van der Waals surface area contributed by atoms with Crippen LogP contribution in [0.15, 0.2) is 112 Å². The van der Waals surface area contributed by atoms with Crippen LogP contribution in [0.1, 0.15) is 11.1 Å². The number of sulfonamides is 1. The lowest BCUT2D eigenvalue weighted by molar-refractivity contribution is -0.119. The summed E-state index contributed by atoms with van der Waals surface area (Å²) < 4.78 is 34.2. The van der Waals surface area contributed by atoms with Gasteiger partial charge in [0.15, 0.2) is 6.61 Å². The first kappa shape index (κ1) is 30.8. The average molecular weight is 670 g/mol. The van der Waals surface area contributed by atoms with Crippen LogP contribution in [0.3, 0.4) is 0 Å². The highest BCUT2D eigenvalue weighted by Gasteiger charge is 2.27. The highest BCUT2D eigenvalue weighted by molar-refractivity contribution is 9.10. The molecule has 0 saturated carbocycles. The first-order valence-corrected chi connectivity index (χ1v) is 15.2. The normalized spacial score (nSPS) is 11.2. The molecule has 2 N–H and O–H groups in total. The van der Waals surface area contributed by atoms with Crippen LogP contribution in [0.4, 0.5) is 11.4 Å². The van der Waals surface area contributed by atoms with E-state index in [1.165, 1.54) is 18.3 Å². The summed E-state index contributed by atoms with van der Waals surface area (Å²) in [6, 6.07) is 26.6. The molecule has 4 rings (SSSR count). The van der Waals surface area contributed by atoms with Crippen molar-refractivity contribution in [2.45, 2.75) is 11.8 Å². The van der Waals surface area contributed by atoms with Crippen LogP contribution < -0.4 is 19.8 Å². The number of hydrogen-bond donors (Lipinski definition) is 2. The van der Waals surface area contributed by atoms with Gasteiger partial charge in [-0.1, -0.05) is 57.4 Å². The van der Waals surface area contributed by atoms with Crippen molar-refractivity contribution in [2.75, 3.05) is 22.8 Å². The van der Waals surface area contributed by atoms with Gasteiger partial charge >= 0.3 is 0 Å². The maximum atomic E-state index is 13.4. The lowest BCUT2D eigenvalue weighted by Crippen LogP contribution is -2.39. The van der Waals surface area contributed by atoms with Crippen molar-refractivity contribution >= 4 is 67.0 Å². The molecule has 4 aromatic carbocycles. The maximum Gasteiger partial charge on any atom is 0.264 e. The Kier molecular flexibility index (Phi) is 10.3. The van der Waals surface area contributed by atoms with E-state index in [1.807, 2.05) is 6.92 Å². The number of carbonyl (C=O) groups excluding carboxylic acids is 2. The first-order chi connectivity index (χ1) is 20.1. The van der Waals surface area contributed by atoms with Crippen molar-refractivity contribution < 1.29 is 22.7 Å². The predicted octanol–water partition coefficient (Wildman–Crippen LogP) is 5.77. The van der Waals surface area contributed by atoms with Crippen molar-refractivity contribution in [2.24, 2.45) is 5.10 Å². The van der Waals surface area contributed by atoms with E-state index in [1.54, 1.807) is 84.9 Å². The minimum atomic E-state index is -4.04. The quantitative estimate of drug-likeness (QED) is 0.155. The SMILES string of the molecule is Cc1ccc(S(=O)(=O)N(CC(=O)N/N=C\c2ccc(OCC(=O)Nc3ccccc3Cl)cc2)c2ccc(Br)cc2)cc1. The Labute approximate surface area is 257 Å². The molecule has 0 aliphatic heterocycles. The molecule has 12 heteroatoms. The standard InChI is InChI=1S/C30H26BrClN4O5S/c1-21-6-16-26(17-7-21)42(39,40)36(24-12-10-23(31)11-13-24)19-29(37)35-33-18-22-8-14-25(15-9-22)41-20-30(38)34-28-5-3-2-4-27(28)32/h2-18H,19-20H2,1H3,(H,34,38)(H,35,37)/b33-18-. The summed E-state index contributed by atoms with van der Waals surface area (Å²) in [5.41, 5.74) is 4.75. The fourth-order valence-electron chi connectivity index (χ4n) is 3.65. The molecule has 0 unspecified atom stereocenters. The fraction of sp³-hybridized carbons (Fsp3) is 0.100. The van der Waals surface area contributed by atoms with E-state index >= 15 is 0 Å².